The quantitative estimate of drug-likeness (QED) is 0.157. The molecule has 3 heterocycles. The minimum Gasteiger partial charge on any atom is -0.507 e. The molecule has 48 heavy (non-hydrogen) atoms. The van der Waals surface area contributed by atoms with Crippen molar-refractivity contribution in [3.63, 3.8) is 0 Å². The number of para-hydroxylation sites is 3. The van der Waals surface area contributed by atoms with Gasteiger partial charge in [-0.05, 0) is 70.2 Å². The molecule has 3 aromatic heterocycles. The van der Waals surface area contributed by atoms with Crippen LogP contribution in [0.1, 0.15) is 101 Å². The van der Waals surface area contributed by atoms with Crippen molar-refractivity contribution >= 4 is 0 Å². The number of imidazole rings is 1. The molecular formula is C40H44N6OPt. The molecule has 0 atom stereocenters. The van der Waals surface area contributed by atoms with Crippen molar-refractivity contribution in [1.82, 2.24) is 29.3 Å². The summed E-state index contributed by atoms with van der Waals surface area (Å²) in [4.78, 5) is 15.0. The first-order valence-corrected chi connectivity index (χ1v) is 16.6. The minimum atomic E-state index is 0. The van der Waals surface area contributed by atoms with E-state index in [1.807, 2.05) is 41.1 Å². The number of benzene rings is 3. The Labute approximate surface area is 298 Å². The van der Waals surface area contributed by atoms with Crippen LogP contribution < -0.4 is 0 Å². The van der Waals surface area contributed by atoms with Gasteiger partial charge >= 0.3 is 0 Å². The standard InChI is InChI=1S/C40H44N6O.Pt/c1-24(2)28-15-11-16-29(25(3)4)37(28)45-22-35(44-39(45)32-14-9-10-21-36(32)47)33-19-13-20-34(43-33)40-41-23-42-46(40)38-30(26(5)6)17-12-18-31(38)27(7)8;/h9-27,47H,1-8H3;. The average Bonchev–Trinajstić information content (AvgIpc) is 3.72. The third-order valence-electron chi connectivity index (χ3n) is 8.78. The maximum Gasteiger partial charge on any atom is 0.181 e. The van der Waals surface area contributed by atoms with E-state index in [0.717, 1.165) is 11.4 Å². The van der Waals surface area contributed by atoms with Gasteiger partial charge in [-0.3, -0.25) is 4.57 Å². The molecule has 0 saturated carbocycles. The molecule has 0 radical (unpaired) electrons. The second-order valence-corrected chi connectivity index (χ2v) is 13.4. The van der Waals surface area contributed by atoms with Crippen molar-refractivity contribution in [2.45, 2.75) is 79.1 Å². The molecule has 0 saturated heterocycles. The van der Waals surface area contributed by atoms with E-state index in [0.29, 0.717) is 46.1 Å². The first-order valence-electron chi connectivity index (χ1n) is 16.6. The Bertz CT molecular complexity index is 1990. The Hall–Kier alpha value is -4.35. The second-order valence-electron chi connectivity index (χ2n) is 13.4. The summed E-state index contributed by atoms with van der Waals surface area (Å²) in [6, 6.07) is 26.3. The summed E-state index contributed by atoms with van der Waals surface area (Å²) >= 11 is 0. The van der Waals surface area contributed by atoms with Crippen molar-refractivity contribution in [2.24, 2.45) is 0 Å². The summed E-state index contributed by atoms with van der Waals surface area (Å²) < 4.78 is 4.08. The van der Waals surface area contributed by atoms with E-state index in [4.69, 9.17) is 20.1 Å². The number of phenolic OH excluding ortho intramolecular Hbond substituents is 1. The van der Waals surface area contributed by atoms with Crippen LogP contribution in [-0.4, -0.2) is 34.4 Å². The van der Waals surface area contributed by atoms with Gasteiger partial charge in [0.15, 0.2) is 5.82 Å². The van der Waals surface area contributed by atoms with Crippen LogP contribution in [0.5, 0.6) is 5.75 Å². The number of phenols is 1. The van der Waals surface area contributed by atoms with Crippen LogP contribution in [-0.2, 0) is 21.1 Å². The van der Waals surface area contributed by atoms with E-state index in [9.17, 15) is 5.11 Å². The Morgan fingerprint density at radius 2 is 1.06 bits per heavy atom. The van der Waals surface area contributed by atoms with E-state index in [2.05, 4.69) is 103 Å². The number of aromatic nitrogens is 6. The third-order valence-corrected chi connectivity index (χ3v) is 8.78. The van der Waals surface area contributed by atoms with E-state index >= 15 is 0 Å². The molecule has 3 aromatic carbocycles. The van der Waals surface area contributed by atoms with Gasteiger partial charge < -0.3 is 5.11 Å². The molecule has 250 valence electrons. The van der Waals surface area contributed by atoms with Crippen LogP contribution in [0.2, 0.25) is 0 Å². The molecule has 0 aliphatic heterocycles. The summed E-state index contributed by atoms with van der Waals surface area (Å²) in [5, 5.41) is 15.7. The zero-order valence-electron chi connectivity index (χ0n) is 28.9. The van der Waals surface area contributed by atoms with Crippen molar-refractivity contribution in [3.8, 4) is 51.4 Å². The van der Waals surface area contributed by atoms with Crippen LogP contribution in [0.4, 0.5) is 0 Å². The molecule has 0 amide bonds. The second kappa shape index (κ2) is 14.4. The van der Waals surface area contributed by atoms with Gasteiger partial charge in [0.1, 0.15) is 29.3 Å². The Balaban J connectivity index is 0.00000451. The number of rotatable bonds is 9. The molecule has 6 aromatic rings. The molecule has 6 rings (SSSR count). The molecular weight excluding hydrogens is 776 g/mol. The van der Waals surface area contributed by atoms with Gasteiger partial charge in [-0.25, -0.2) is 19.6 Å². The summed E-state index contributed by atoms with van der Waals surface area (Å²) in [6.45, 7) is 17.7. The van der Waals surface area contributed by atoms with Gasteiger partial charge in [0.05, 0.1) is 22.6 Å². The summed E-state index contributed by atoms with van der Waals surface area (Å²) in [5.41, 5.74) is 9.81. The van der Waals surface area contributed by atoms with Gasteiger partial charge in [-0.2, -0.15) is 5.10 Å². The topological polar surface area (TPSA) is 81.7 Å². The number of nitrogens with zero attached hydrogens (tertiary/aromatic N) is 6. The normalized spacial score (nSPS) is 11.6. The van der Waals surface area contributed by atoms with E-state index in [1.165, 1.54) is 22.3 Å². The van der Waals surface area contributed by atoms with Crippen molar-refractivity contribution in [2.75, 3.05) is 0 Å². The van der Waals surface area contributed by atoms with Crippen LogP contribution >= 0.6 is 0 Å². The van der Waals surface area contributed by atoms with Crippen LogP contribution in [0, 0.1) is 0 Å². The average molecular weight is 820 g/mol. The number of pyridine rings is 1. The zero-order valence-corrected chi connectivity index (χ0v) is 31.2. The maximum atomic E-state index is 11.0. The summed E-state index contributed by atoms with van der Waals surface area (Å²) in [6.07, 6.45) is 3.66. The molecule has 0 spiro atoms. The van der Waals surface area contributed by atoms with Gasteiger partial charge in [0, 0.05) is 27.3 Å². The predicted octanol–water partition coefficient (Wildman–Crippen LogP) is 10.0. The molecule has 1 N–H and O–H groups in total. The van der Waals surface area contributed by atoms with Crippen molar-refractivity contribution in [1.29, 1.82) is 0 Å². The molecule has 0 aliphatic carbocycles. The predicted molar refractivity (Wildman–Crippen MR) is 191 cm³/mol. The van der Waals surface area contributed by atoms with Gasteiger partial charge in [0.25, 0.3) is 0 Å². The monoisotopic (exact) mass is 819 g/mol. The number of hydrogen-bond donors (Lipinski definition) is 1. The van der Waals surface area contributed by atoms with Gasteiger partial charge in [-0.1, -0.05) is 110 Å². The first-order chi connectivity index (χ1) is 22.6. The number of hydrogen-bond acceptors (Lipinski definition) is 5. The van der Waals surface area contributed by atoms with Gasteiger partial charge in [0.2, 0.25) is 0 Å². The van der Waals surface area contributed by atoms with Crippen molar-refractivity contribution in [3.05, 3.63) is 114 Å². The molecule has 0 aliphatic rings. The van der Waals surface area contributed by atoms with Crippen LogP contribution in [0.3, 0.4) is 0 Å². The molecule has 0 bridgehead atoms. The number of aromatic hydroxyl groups is 1. The molecule has 7 nitrogen and oxygen atoms in total. The summed E-state index contributed by atoms with van der Waals surface area (Å²) in [5.74, 6) is 2.69. The molecule has 0 fully saturated rings. The van der Waals surface area contributed by atoms with E-state index in [1.54, 1.807) is 12.4 Å². The Morgan fingerprint density at radius 1 is 0.542 bits per heavy atom. The van der Waals surface area contributed by atoms with E-state index in [-0.39, 0.29) is 38.7 Å². The minimum absolute atomic E-state index is 0. The molecule has 0 unspecified atom stereocenters. The fraction of sp³-hybridized carbons (Fsp3) is 0.300. The summed E-state index contributed by atoms with van der Waals surface area (Å²) in [7, 11) is 0. The van der Waals surface area contributed by atoms with Crippen LogP contribution in [0.15, 0.2) is 91.4 Å². The van der Waals surface area contributed by atoms with Crippen molar-refractivity contribution < 1.29 is 26.2 Å². The zero-order chi connectivity index (χ0) is 33.4. The fourth-order valence-corrected chi connectivity index (χ4v) is 6.35. The Kier molecular flexibility index (Phi) is 10.5. The van der Waals surface area contributed by atoms with Gasteiger partial charge in [-0.15, -0.1) is 0 Å². The smallest absolute Gasteiger partial charge is 0.181 e. The fourth-order valence-electron chi connectivity index (χ4n) is 6.35. The van der Waals surface area contributed by atoms with Crippen LogP contribution in [0.25, 0.3) is 45.7 Å². The molecule has 8 heteroatoms. The third kappa shape index (κ3) is 6.53. The SMILES string of the molecule is CC(C)c1cccc(C(C)C)c1-n1cc(-c2cccc(-c3ncnn3-c3c(C(C)C)cccc3C(C)C)n2)nc1-c1ccccc1O.[Pt]. The largest absolute Gasteiger partial charge is 0.507 e. The first kappa shape index (κ1) is 35.0. The maximum absolute atomic E-state index is 11.0. The Morgan fingerprint density at radius 3 is 1.62 bits per heavy atom. The van der Waals surface area contributed by atoms with E-state index < -0.39 is 0 Å².